The number of aliphatic hydroxyl groups excluding tert-OH is 1. The molecule has 2 heteroatoms. The van der Waals surface area contributed by atoms with Crippen LogP contribution in [0.3, 0.4) is 0 Å². The first-order valence-electron chi connectivity index (χ1n) is 9.04. The summed E-state index contributed by atoms with van der Waals surface area (Å²) < 4.78 is 0. The monoisotopic (exact) mass is 324 g/mol. The van der Waals surface area contributed by atoms with E-state index in [-0.39, 0.29) is 5.78 Å². The van der Waals surface area contributed by atoms with E-state index in [2.05, 4.69) is 24.3 Å². The lowest BCUT2D eigenvalue weighted by Crippen LogP contribution is -2.20. The second-order valence-corrected chi connectivity index (χ2v) is 6.41. The van der Waals surface area contributed by atoms with Crippen molar-refractivity contribution in [2.24, 2.45) is 0 Å². The van der Waals surface area contributed by atoms with Gasteiger partial charge in [0.2, 0.25) is 0 Å². The topological polar surface area (TPSA) is 37.3 Å². The summed E-state index contributed by atoms with van der Waals surface area (Å²) in [5.74, 6) is 0.00257. The van der Waals surface area contributed by atoms with Crippen LogP contribution in [-0.4, -0.2) is 17.0 Å². The molecule has 0 heterocycles. The SMILES string of the molecule is O=C(CCCCc1ccccc1)C(O)CCCCc1ccccc1. The molecule has 1 atom stereocenters. The average molecular weight is 324 g/mol. The predicted molar refractivity (Wildman–Crippen MR) is 99.0 cm³/mol. The van der Waals surface area contributed by atoms with Crippen molar-refractivity contribution in [3.63, 3.8) is 0 Å². The molecule has 0 aliphatic carbocycles. The van der Waals surface area contributed by atoms with E-state index in [1.807, 2.05) is 36.4 Å². The fourth-order valence-electron chi connectivity index (χ4n) is 2.91. The van der Waals surface area contributed by atoms with Gasteiger partial charge in [0.15, 0.2) is 5.78 Å². The average Bonchev–Trinajstić information content (AvgIpc) is 2.63. The van der Waals surface area contributed by atoms with Crippen LogP contribution < -0.4 is 0 Å². The van der Waals surface area contributed by atoms with Crippen molar-refractivity contribution in [2.45, 2.75) is 57.5 Å². The van der Waals surface area contributed by atoms with Crippen molar-refractivity contribution in [2.75, 3.05) is 0 Å². The van der Waals surface area contributed by atoms with Crippen molar-refractivity contribution in [3.8, 4) is 0 Å². The standard InChI is InChI=1S/C22H28O2/c23-21(17-9-7-15-19-11-3-1-4-12-19)22(24)18-10-8-16-20-13-5-2-6-14-20/h1-6,11-14,21,23H,7-10,15-18H2. The smallest absolute Gasteiger partial charge is 0.161 e. The van der Waals surface area contributed by atoms with Gasteiger partial charge in [0.05, 0.1) is 0 Å². The number of hydrogen-bond acceptors (Lipinski definition) is 2. The lowest BCUT2D eigenvalue weighted by Gasteiger charge is -2.09. The number of carbonyl (C=O) groups is 1. The summed E-state index contributed by atoms with van der Waals surface area (Å²) in [5.41, 5.74) is 2.63. The largest absolute Gasteiger partial charge is 0.385 e. The van der Waals surface area contributed by atoms with Crippen molar-refractivity contribution in [1.29, 1.82) is 0 Å². The highest BCUT2D eigenvalue weighted by atomic mass is 16.3. The van der Waals surface area contributed by atoms with Crippen molar-refractivity contribution >= 4 is 5.78 Å². The minimum absolute atomic E-state index is 0.00257. The Kier molecular flexibility index (Phi) is 8.26. The second kappa shape index (κ2) is 10.8. The molecule has 0 aliphatic heterocycles. The summed E-state index contributed by atoms with van der Waals surface area (Å²) >= 11 is 0. The van der Waals surface area contributed by atoms with E-state index >= 15 is 0 Å². The molecule has 0 spiro atoms. The number of Topliss-reactive ketones (excluding diaryl/α,β-unsaturated/α-hetero) is 1. The molecule has 0 saturated heterocycles. The summed E-state index contributed by atoms with van der Waals surface area (Å²) in [6.07, 6.45) is 6.08. The maximum absolute atomic E-state index is 12.0. The maximum atomic E-state index is 12.0. The van der Waals surface area contributed by atoms with Gasteiger partial charge in [0.1, 0.15) is 6.10 Å². The van der Waals surface area contributed by atoms with E-state index in [0.29, 0.717) is 12.8 Å². The summed E-state index contributed by atoms with van der Waals surface area (Å²) in [7, 11) is 0. The number of ketones is 1. The molecule has 2 aromatic rings. The molecule has 1 unspecified atom stereocenters. The van der Waals surface area contributed by atoms with Gasteiger partial charge in [-0.1, -0.05) is 67.1 Å². The molecule has 1 N–H and O–H groups in total. The Morgan fingerprint density at radius 3 is 1.79 bits per heavy atom. The number of unbranched alkanes of at least 4 members (excludes halogenated alkanes) is 2. The zero-order valence-electron chi connectivity index (χ0n) is 14.4. The van der Waals surface area contributed by atoms with E-state index in [4.69, 9.17) is 0 Å². The fraction of sp³-hybridized carbons (Fsp3) is 0.409. The molecular formula is C22H28O2. The lowest BCUT2D eigenvalue weighted by molar-refractivity contribution is -0.127. The highest BCUT2D eigenvalue weighted by molar-refractivity contribution is 5.82. The Hall–Kier alpha value is -1.93. The number of hydrogen-bond donors (Lipinski definition) is 1. The Labute approximate surface area is 145 Å². The van der Waals surface area contributed by atoms with Gasteiger partial charge in [-0.2, -0.15) is 0 Å². The zero-order chi connectivity index (χ0) is 17.0. The lowest BCUT2D eigenvalue weighted by atomic mass is 10.00. The van der Waals surface area contributed by atoms with Gasteiger partial charge >= 0.3 is 0 Å². The summed E-state index contributed by atoms with van der Waals surface area (Å²) in [6, 6.07) is 20.7. The third-order valence-corrected chi connectivity index (χ3v) is 4.39. The molecule has 0 amide bonds. The molecule has 2 rings (SSSR count). The van der Waals surface area contributed by atoms with Gasteiger partial charge in [-0.05, 0) is 49.7 Å². The van der Waals surface area contributed by atoms with Crippen LogP contribution in [0.15, 0.2) is 60.7 Å². The molecule has 128 valence electrons. The van der Waals surface area contributed by atoms with Crippen LogP contribution in [-0.2, 0) is 17.6 Å². The van der Waals surface area contributed by atoms with E-state index < -0.39 is 6.10 Å². The van der Waals surface area contributed by atoms with Crippen LogP contribution in [0.4, 0.5) is 0 Å². The van der Waals surface area contributed by atoms with Gasteiger partial charge < -0.3 is 5.11 Å². The Morgan fingerprint density at radius 1 is 0.750 bits per heavy atom. The first kappa shape index (κ1) is 18.4. The van der Waals surface area contributed by atoms with Crippen LogP contribution in [0.1, 0.15) is 49.7 Å². The predicted octanol–water partition coefficient (Wildman–Crippen LogP) is 4.74. The van der Waals surface area contributed by atoms with E-state index in [1.54, 1.807) is 0 Å². The number of aryl methyl sites for hydroxylation is 2. The molecule has 0 saturated carbocycles. The van der Waals surface area contributed by atoms with Crippen LogP contribution in [0.5, 0.6) is 0 Å². The van der Waals surface area contributed by atoms with Crippen molar-refractivity contribution in [1.82, 2.24) is 0 Å². The maximum Gasteiger partial charge on any atom is 0.161 e. The van der Waals surface area contributed by atoms with Crippen LogP contribution >= 0.6 is 0 Å². The molecule has 24 heavy (non-hydrogen) atoms. The number of rotatable bonds is 11. The third kappa shape index (κ3) is 7.10. The van der Waals surface area contributed by atoms with Gasteiger partial charge in [0.25, 0.3) is 0 Å². The van der Waals surface area contributed by atoms with E-state index in [9.17, 15) is 9.90 Å². The van der Waals surface area contributed by atoms with Crippen molar-refractivity contribution < 1.29 is 9.90 Å². The minimum atomic E-state index is -0.780. The minimum Gasteiger partial charge on any atom is -0.385 e. The number of carbonyl (C=O) groups excluding carboxylic acids is 1. The normalized spacial score (nSPS) is 12.0. The molecule has 2 nitrogen and oxygen atoms in total. The molecule has 0 fully saturated rings. The van der Waals surface area contributed by atoms with Crippen LogP contribution in [0.25, 0.3) is 0 Å². The van der Waals surface area contributed by atoms with Crippen molar-refractivity contribution in [3.05, 3.63) is 71.8 Å². The highest BCUT2D eigenvalue weighted by Crippen LogP contribution is 2.11. The molecule has 0 radical (unpaired) electrons. The molecular weight excluding hydrogens is 296 g/mol. The molecule has 0 aliphatic rings. The van der Waals surface area contributed by atoms with E-state index in [0.717, 1.165) is 38.5 Å². The molecule has 0 aromatic heterocycles. The summed E-state index contributed by atoms with van der Waals surface area (Å²) in [5, 5.41) is 9.98. The van der Waals surface area contributed by atoms with Crippen LogP contribution in [0.2, 0.25) is 0 Å². The second-order valence-electron chi connectivity index (χ2n) is 6.41. The Bertz CT molecular complexity index is 577. The third-order valence-electron chi connectivity index (χ3n) is 4.39. The van der Waals surface area contributed by atoms with Gasteiger partial charge in [0, 0.05) is 6.42 Å². The Morgan fingerprint density at radius 2 is 1.25 bits per heavy atom. The van der Waals surface area contributed by atoms with Crippen LogP contribution in [0, 0.1) is 0 Å². The number of aliphatic hydroxyl groups is 1. The van der Waals surface area contributed by atoms with E-state index in [1.165, 1.54) is 11.1 Å². The van der Waals surface area contributed by atoms with Gasteiger partial charge in [-0.25, -0.2) is 0 Å². The molecule has 0 bridgehead atoms. The van der Waals surface area contributed by atoms with Gasteiger partial charge in [-0.3, -0.25) is 4.79 Å². The highest BCUT2D eigenvalue weighted by Gasteiger charge is 2.13. The Balaban J connectivity index is 1.53. The zero-order valence-corrected chi connectivity index (χ0v) is 14.4. The molecule has 2 aromatic carbocycles. The summed E-state index contributed by atoms with van der Waals surface area (Å²) in [6.45, 7) is 0. The fourth-order valence-corrected chi connectivity index (χ4v) is 2.91. The quantitative estimate of drug-likeness (QED) is 0.606. The summed E-state index contributed by atoms with van der Waals surface area (Å²) in [4.78, 5) is 12.0. The van der Waals surface area contributed by atoms with Gasteiger partial charge in [-0.15, -0.1) is 0 Å². The number of benzene rings is 2. The first-order valence-corrected chi connectivity index (χ1v) is 9.04. The first-order chi connectivity index (χ1) is 11.8.